The molecule has 1 aliphatic rings. The van der Waals surface area contributed by atoms with Gasteiger partial charge in [0, 0.05) is 12.8 Å². The van der Waals surface area contributed by atoms with Crippen molar-refractivity contribution in [1.82, 2.24) is 0 Å². The van der Waals surface area contributed by atoms with E-state index in [1.165, 1.54) is 57.8 Å². The number of hydrogen-bond acceptors (Lipinski definition) is 12. The highest BCUT2D eigenvalue weighted by Gasteiger charge is 2.51. The van der Waals surface area contributed by atoms with Gasteiger partial charge in [-0.2, -0.15) is 0 Å². The molecular formula is C45H79O13P. The van der Waals surface area contributed by atoms with E-state index in [2.05, 4.69) is 62.5 Å². The Morgan fingerprint density at radius 2 is 0.966 bits per heavy atom. The summed E-state index contributed by atoms with van der Waals surface area (Å²) >= 11 is 0. The van der Waals surface area contributed by atoms with Crippen LogP contribution in [0.2, 0.25) is 0 Å². The lowest BCUT2D eigenvalue weighted by Gasteiger charge is -2.41. The van der Waals surface area contributed by atoms with E-state index in [1.54, 1.807) is 0 Å². The molecule has 0 aromatic heterocycles. The summed E-state index contributed by atoms with van der Waals surface area (Å²) in [5.41, 5.74) is 0. The summed E-state index contributed by atoms with van der Waals surface area (Å²) in [5, 5.41) is 50.1. The van der Waals surface area contributed by atoms with Gasteiger partial charge in [0.15, 0.2) is 6.10 Å². The highest BCUT2D eigenvalue weighted by molar-refractivity contribution is 7.47. The third kappa shape index (κ3) is 28.1. The van der Waals surface area contributed by atoms with E-state index in [0.717, 1.165) is 70.6 Å². The van der Waals surface area contributed by atoms with Crippen LogP contribution in [0.1, 0.15) is 168 Å². The van der Waals surface area contributed by atoms with Crippen molar-refractivity contribution in [3.8, 4) is 0 Å². The number of aliphatic hydroxyl groups is 5. The SMILES string of the molecule is CCC=CCC=CCC=CCC=CCCCCCCC(=O)OC(COC(=O)CCCCCCCCCCCCCCC)COP(=O)(O)OC1C(O)C(O)C(O)C(O)C1O. The largest absolute Gasteiger partial charge is 0.472 e. The Morgan fingerprint density at radius 1 is 0.542 bits per heavy atom. The smallest absolute Gasteiger partial charge is 0.462 e. The number of allylic oxidation sites excluding steroid dienone is 8. The molecule has 0 amide bonds. The second-order valence-corrected chi connectivity index (χ2v) is 16.9. The first-order chi connectivity index (χ1) is 28.4. The normalized spacial score (nSPS) is 22.8. The van der Waals surface area contributed by atoms with Gasteiger partial charge in [0.25, 0.3) is 0 Å². The van der Waals surface area contributed by atoms with Crippen molar-refractivity contribution in [2.45, 2.75) is 211 Å². The minimum Gasteiger partial charge on any atom is -0.462 e. The first-order valence-electron chi connectivity index (χ1n) is 22.4. The number of rotatable bonds is 36. The minimum atomic E-state index is -5.12. The zero-order valence-electron chi connectivity index (χ0n) is 36.0. The predicted octanol–water partition coefficient (Wildman–Crippen LogP) is 8.39. The van der Waals surface area contributed by atoms with E-state index in [1.807, 2.05) is 0 Å². The lowest BCUT2D eigenvalue weighted by atomic mass is 9.85. The minimum absolute atomic E-state index is 0.0687. The van der Waals surface area contributed by atoms with E-state index in [0.29, 0.717) is 12.8 Å². The number of phosphoric acid groups is 1. The fourth-order valence-electron chi connectivity index (χ4n) is 6.57. The zero-order chi connectivity index (χ0) is 43.6. The summed E-state index contributed by atoms with van der Waals surface area (Å²) in [4.78, 5) is 35.6. The van der Waals surface area contributed by atoms with Crippen molar-refractivity contribution in [2.75, 3.05) is 13.2 Å². The first-order valence-corrected chi connectivity index (χ1v) is 23.9. The topological polar surface area (TPSA) is 210 Å². The Labute approximate surface area is 354 Å². The molecule has 0 bridgehead atoms. The summed E-state index contributed by atoms with van der Waals surface area (Å²) in [6.45, 7) is 3.15. The monoisotopic (exact) mass is 859 g/mol. The Morgan fingerprint density at radius 3 is 1.47 bits per heavy atom. The molecule has 1 saturated carbocycles. The van der Waals surface area contributed by atoms with E-state index < -0.39 is 75.7 Å². The maximum absolute atomic E-state index is 12.8. The van der Waals surface area contributed by atoms with Crippen LogP contribution in [0, 0.1) is 0 Å². The molecule has 0 aliphatic heterocycles. The van der Waals surface area contributed by atoms with Gasteiger partial charge in [-0.05, 0) is 51.4 Å². The number of hydrogen-bond donors (Lipinski definition) is 6. The third-order valence-corrected chi connectivity index (χ3v) is 11.2. The predicted molar refractivity (Wildman–Crippen MR) is 230 cm³/mol. The van der Waals surface area contributed by atoms with Crippen LogP contribution in [0.4, 0.5) is 0 Å². The van der Waals surface area contributed by atoms with Gasteiger partial charge in [-0.3, -0.25) is 18.6 Å². The summed E-state index contributed by atoms with van der Waals surface area (Å²) in [7, 11) is -5.12. The van der Waals surface area contributed by atoms with Gasteiger partial charge in [0.05, 0.1) is 6.61 Å². The van der Waals surface area contributed by atoms with Gasteiger partial charge in [-0.15, -0.1) is 0 Å². The number of ether oxygens (including phenoxy) is 2. The second kappa shape index (κ2) is 35.4. The van der Waals surface area contributed by atoms with Crippen LogP contribution in [0.5, 0.6) is 0 Å². The number of esters is 2. The van der Waals surface area contributed by atoms with Gasteiger partial charge in [0.2, 0.25) is 0 Å². The number of phosphoric ester groups is 1. The van der Waals surface area contributed by atoms with Crippen LogP contribution in [0.25, 0.3) is 0 Å². The number of unbranched alkanes of at least 4 members (excludes halogenated alkanes) is 16. The van der Waals surface area contributed by atoms with E-state index >= 15 is 0 Å². The highest BCUT2D eigenvalue weighted by atomic mass is 31.2. The first kappa shape index (κ1) is 54.8. The molecule has 0 aromatic carbocycles. The summed E-state index contributed by atoms with van der Waals surface area (Å²) in [5.74, 6) is -1.13. The Balaban J connectivity index is 2.50. The molecule has 1 aliphatic carbocycles. The van der Waals surface area contributed by atoms with E-state index in [4.69, 9.17) is 18.5 Å². The molecule has 6 N–H and O–H groups in total. The number of carbonyl (C=O) groups excluding carboxylic acids is 2. The maximum Gasteiger partial charge on any atom is 0.472 e. The van der Waals surface area contributed by atoms with Crippen LogP contribution in [-0.2, 0) is 32.7 Å². The summed E-state index contributed by atoms with van der Waals surface area (Å²) in [6.07, 6.45) is 27.4. The highest BCUT2D eigenvalue weighted by Crippen LogP contribution is 2.47. The summed E-state index contributed by atoms with van der Waals surface area (Å²) < 4.78 is 33.5. The molecule has 0 heterocycles. The van der Waals surface area contributed by atoms with Crippen LogP contribution < -0.4 is 0 Å². The van der Waals surface area contributed by atoms with Crippen molar-refractivity contribution < 1.29 is 63.1 Å². The van der Waals surface area contributed by atoms with E-state index in [9.17, 15) is 44.6 Å². The Hall–Kier alpha value is -2.19. The molecule has 59 heavy (non-hydrogen) atoms. The molecule has 0 spiro atoms. The molecule has 13 nitrogen and oxygen atoms in total. The maximum atomic E-state index is 12.8. The van der Waals surface area contributed by atoms with E-state index in [-0.39, 0.29) is 12.8 Å². The van der Waals surface area contributed by atoms with Crippen LogP contribution in [-0.4, -0.2) is 98.3 Å². The Bertz CT molecular complexity index is 1220. The lowest BCUT2D eigenvalue weighted by Crippen LogP contribution is -2.64. The number of carbonyl (C=O) groups is 2. The second-order valence-electron chi connectivity index (χ2n) is 15.5. The van der Waals surface area contributed by atoms with Crippen LogP contribution in [0.15, 0.2) is 48.6 Å². The molecule has 1 rings (SSSR count). The Kier molecular flexibility index (Phi) is 32.9. The zero-order valence-corrected chi connectivity index (χ0v) is 36.9. The molecular weight excluding hydrogens is 779 g/mol. The lowest BCUT2D eigenvalue weighted by molar-refractivity contribution is -0.220. The van der Waals surface area contributed by atoms with Crippen molar-refractivity contribution in [1.29, 1.82) is 0 Å². The molecule has 6 atom stereocenters. The molecule has 0 radical (unpaired) electrons. The molecule has 342 valence electrons. The van der Waals surface area contributed by atoms with Gasteiger partial charge in [-0.25, -0.2) is 4.57 Å². The van der Waals surface area contributed by atoms with Gasteiger partial charge < -0.3 is 39.9 Å². The van der Waals surface area contributed by atoms with Gasteiger partial charge in [0.1, 0.15) is 43.2 Å². The summed E-state index contributed by atoms with van der Waals surface area (Å²) in [6, 6.07) is 0. The van der Waals surface area contributed by atoms with Crippen molar-refractivity contribution in [2.24, 2.45) is 0 Å². The van der Waals surface area contributed by atoms with Gasteiger partial charge >= 0.3 is 19.8 Å². The fourth-order valence-corrected chi connectivity index (χ4v) is 7.54. The fraction of sp³-hybridized carbons (Fsp3) is 0.778. The van der Waals surface area contributed by atoms with Crippen molar-refractivity contribution >= 4 is 19.8 Å². The standard InChI is InChI=1S/C45H79O13P/c1-3-5-7-9-11-13-15-17-18-19-20-22-24-26-28-30-32-34-39(47)57-37(36-56-59(53,54)58-45-43(51)41(49)40(48)42(50)44(45)52)35-55-38(46)33-31-29-27-25-23-21-16-14-12-10-8-6-4-2/h5,7,11,13,17-18,20,22,37,40-45,48-52H,3-4,6,8-10,12,14-16,19,21,23-36H2,1-2H3,(H,53,54). The molecule has 0 saturated heterocycles. The van der Waals surface area contributed by atoms with Crippen molar-refractivity contribution in [3.05, 3.63) is 48.6 Å². The molecule has 0 aromatic rings. The van der Waals surface area contributed by atoms with Crippen molar-refractivity contribution in [3.63, 3.8) is 0 Å². The molecule has 1 fully saturated rings. The number of aliphatic hydroxyl groups excluding tert-OH is 5. The van der Waals surface area contributed by atoms with Gasteiger partial charge in [-0.1, -0.05) is 152 Å². The van der Waals surface area contributed by atoms with Crippen LogP contribution >= 0.6 is 7.82 Å². The quantitative estimate of drug-likeness (QED) is 0.0152. The molecule has 14 heteroatoms. The molecule has 6 unspecified atom stereocenters. The average Bonchev–Trinajstić information content (AvgIpc) is 3.21. The van der Waals surface area contributed by atoms with Crippen LogP contribution in [0.3, 0.4) is 0 Å². The average molecular weight is 859 g/mol. The third-order valence-electron chi connectivity index (χ3n) is 10.2.